The van der Waals surface area contributed by atoms with Crippen LogP contribution in [-0.2, 0) is 0 Å². The highest BCUT2D eigenvalue weighted by Crippen LogP contribution is 2.28. The van der Waals surface area contributed by atoms with E-state index < -0.39 is 0 Å². The Morgan fingerprint density at radius 1 is 1.08 bits per heavy atom. The molecule has 0 radical (unpaired) electrons. The molecule has 3 heteroatoms. The van der Waals surface area contributed by atoms with Crippen molar-refractivity contribution < 1.29 is 4.74 Å². The van der Waals surface area contributed by atoms with Crippen LogP contribution >= 0.6 is 15.9 Å². The van der Waals surface area contributed by atoms with E-state index in [2.05, 4.69) is 34.1 Å². The topological polar surface area (TPSA) is 33.0 Å². The van der Waals surface area contributed by atoms with Gasteiger partial charge in [-0.15, -0.1) is 0 Å². The molecule has 0 aliphatic rings. The molecule has 3 aromatic carbocycles. The summed E-state index contributed by atoms with van der Waals surface area (Å²) in [6.45, 7) is 2.57. The Bertz CT molecular complexity index is 953. The minimum atomic E-state index is 0.619. The fraction of sp³-hybridized carbons (Fsp3) is 0.0952. The van der Waals surface area contributed by atoms with Gasteiger partial charge in [-0.25, -0.2) is 0 Å². The zero-order valence-electron chi connectivity index (χ0n) is 13.3. The molecule has 0 saturated heterocycles. The molecule has 0 unspecified atom stereocenters. The van der Waals surface area contributed by atoms with E-state index >= 15 is 0 Å². The van der Waals surface area contributed by atoms with Gasteiger partial charge in [-0.2, -0.15) is 5.26 Å². The van der Waals surface area contributed by atoms with Crippen LogP contribution in [0.5, 0.6) is 5.75 Å². The molecule has 0 atom stereocenters. The van der Waals surface area contributed by atoms with Crippen molar-refractivity contribution in [1.29, 1.82) is 5.26 Å². The number of benzene rings is 3. The monoisotopic (exact) mass is 377 g/mol. The molecule has 118 valence electrons. The van der Waals surface area contributed by atoms with Gasteiger partial charge < -0.3 is 4.74 Å². The van der Waals surface area contributed by atoms with Crippen LogP contribution in [0.2, 0.25) is 0 Å². The van der Waals surface area contributed by atoms with Crippen molar-refractivity contribution in [3.8, 4) is 11.8 Å². The third-order valence-corrected chi connectivity index (χ3v) is 4.37. The second kappa shape index (κ2) is 7.33. The Morgan fingerprint density at radius 2 is 1.88 bits per heavy atom. The number of rotatable bonds is 4. The Labute approximate surface area is 150 Å². The number of fused-ring (bicyclic) bond motifs is 1. The van der Waals surface area contributed by atoms with Gasteiger partial charge in [0.15, 0.2) is 0 Å². The lowest BCUT2D eigenvalue weighted by molar-refractivity contribution is 0.338. The highest BCUT2D eigenvalue weighted by atomic mass is 79.9. The first kappa shape index (κ1) is 16.3. The summed E-state index contributed by atoms with van der Waals surface area (Å²) in [5, 5.41) is 11.9. The zero-order chi connectivity index (χ0) is 16.9. The molecule has 0 aliphatic carbocycles. The standard InChI is InChI=1S/C21H16BrNO/c1-2-24-21-10-7-15(12-20(21)22)11-19(14-23)18-9-8-16-5-3-4-6-17(16)13-18/h3-13H,2H2,1H3/b19-11-. The summed E-state index contributed by atoms with van der Waals surface area (Å²) in [7, 11) is 0. The Hall–Kier alpha value is -2.57. The molecule has 0 spiro atoms. The molecule has 0 aromatic heterocycles. The number of allylic oxidation sites excluding steroid dienone is 1. The summed E-state index contributed by atoms with van der Waals surface area (Å²) in [5.41, 5.74) is 2.51. The number of nitrogens with zero attached hydrogens (tertiary/aromatic N) is 1. The van der Waals surface area contributed by atoms with Gasteiger partial charge in [-0.05, 0) is 69.0 Å². The van der Waals surface area contributed by atoms with Crippen molar-refractivity contribution >= 4 is 38.4 Å². The Balaban J connectivity index is 1.99. The maximum atomic E-state index is 9.57. The van der Waals surface area contributed by atoms with E-state index in [1.165, 1.54) is 5.39 Å². The van der Waals surface area contributed by atoms with E-state index in [1.807, 2.05) is 61.5 Å². The summed E-state index contributed by atoms with van der Waals surface area (Å²) in [4.78, 5) is 0. The van der Waals surface area contributed by atoms with E-state index in [9.17, 15) is 5.26 Å². The van der Waals surface area contributed by atoms with Crippen molar-refractivity contribution in [2.24, 2.45) is 0 Å². The average molecular weight is 378 g/mol. The number of nitriles is 1. The summed E-state index contributed by atoms with van der Waals surface area (Å²) in [6, 6.07) is 22.4. The van der Waals surface area contributed by atoms with Gasteiger partial charge in [0.1, 0.15) is 5.75 Å². The first-order valence-corrected chi connectivity index (χ1v) is 8.54. The predicted octanol–water partition coefficient (Wildman–Crippen LogP) is 6.07. The predicted molar refractivity (Wildman–Crippen MR) is 103 cm³/mol. The summed E-state index contributed by atoms with van der Waals surface area (Å²) in [6.07, 6.45) is 1.89. The number of halogens is 1. The molecule has 3 aromatic rings. The van der Waals surface area contributed by atoms with E-state index in [4.69, 9.17) is 4.74 Å². The van der Waals surface area contributed by atoms with Crippen LogP contribution in [-0.4, -0.2) is 6.61 Å². The minimum Gasteiger partial charge on any atom is -0.493 e. The van der Waals surface area contributed by atoms with Crippen molar-refractivity contribution in [3.63, 3.8) is 0 Å². The van der Waals surface area contributed by atoms with E-state index in [-0.39, 0.29) is 0 Å². The fourth-order valence-electron chi connectivity index (χ4n) is 2.58. The second-order valence-electron chi connectivity index (χ2n) is 5.35. The Kier molecular flexibility index (Phi) is 4.98. The quantitative estimate of drug-likeness (QED) is 0.408. The van der Waals surface area contributed by atoms with Crippen LogP contribution < -0.4 is 4.74 Å². The van der Waals surface area contributed by atoms with Crippen molar-refractivity contribution in [1.82, 2.24) is 0 Å². The lowest BCUT2D eigenvalue weighted by atomic mass is 10.0. The lowest BCUT2D eigenvalue weighted by Crippen LogP contribution is -1.92. The number of ether oxygens (including phenoxy) is 1. The van der Waals surface area contributed by atoms with Gasteiger partial charge in [0, 0.05) is 0 Å². The largest absolute Gasteiger partial charge is 0.493 e. The minimum absolute atomic E-state index is 0.619. The van der Waals surface area contributed by atoms with Gasteiger partial charge >= 0.3 is 0 Å². The molecule has 0 bridgehead atoms. The SMILES string of the molecule is CCOc1ccc(/C=C(/C#N)c2ccc3ccccc3c2)cc1Br. The van der Waals surface area contributed by atoms with Crippen molar-refractivity contribution in [3.05, 3.63) is 76.3 Å². The summed E-state index contributed by atoms with van der Waals surface area (Å²) >= 11 is 3.51. The molecule has 0 saturated carbocycles. The molecule has 0 amide bonds. The molecule has 3 rings (SSSR count). The van der Waals surface area contributed by atoms with Crippen LogP contribution in [0.15, 0.2) is 65.1 Å². The highest BCUT2D eigenvalue weighted by molar-refractivity contribution is 9.10. The van der Waals surface area contributed by atoms with E-state index in [0.29, 0.717) is 12.2 Å². The van der Waals surface area contributed by atoms with Gasteiger partial charge in [0.2, 0.25) is 0 Å². The van der Waals surface area contributed by atoms with E-state index in [1.54, 1.807) is 0 Å². The molecule has 2 nitrogen and oxygen atoms in total. The fourth-order valence-corrected chi connectivity index (χ4v) is 3.09. The third-order valence-electron chi connectivity index (χ3n) is 3.75. The molecule has 0 aliphatic heterocycles. The normalized spacial score (nSPS) is 11.3. The maximum absolute atomic E-state index is 9.57. The number of hydrogen-bond acceptors (Lipinski definition) is 2. The van der Waals surface area contributed by atoms with Gasteiger partial charge in [-0.3, -0.25) is 0 Å². The molecule has 24 heavy (non-hydrogen) atoms. The first-order chi connectivity index (χ1) is 11.7. The van der Waals surface area contributed by atoms with Gasteiger partial charge in [-0.1, -0.05) is 42.5 Å². The highest BCUT2D eigenvalue weighted by Gasteiger charge is 2.05. The Morgan fingerprint density at radius 3 is 2.58 bits per heavy atom. The molecule has 0 N–H and O–H groups in total. The van der Waals surface area contributed by atoms with Crippen molar-refractivity contribution in [2.75, 3.05) is 6.61 Å². The molecular formula is C21H16BrNO. The maximum Gasteiger partial charge on any atom is 0.133 e. The van der Waals surface area contributed by atoms with Crippen LogP contribution in [0, 0.1) is 11.3 Å². The van der Waals surface area contributed by atoms with Crippen LogP contribution in [0.3, 0.4) is 0 Å². The summed E-state index contributed by atoms with van der Waals surface area (Å²) < 4.78 is 6.41. The zero-order valence-corrected chi connectivity index (χ0v) is 14.9. The van der Waals surface area contributed by atoms with Gasteiger partial charge in [0.05, 0.1) is 22.7 Å². The smallest absolute Gasteiger partial charge is 0.133 e. The van der Waals surface area contributed by atoms with E-state index in [0.717, 1.165) is 26.7 Å². The van der Waals surface area contributed by atoms with Crippen LogP contribution in [0.25, 0.3) is 22.4 Å². The van der Waals surface area contributed by atoms with Crippen LogP contribution in [0.4, 0.5) is 0 Å². The number of hydrogen-bond donors (Lipinski definition) is 0. The first-order valence-electron chi connectivity index (χ1n) is 7.74. The third kappa shape index (κ3) is 3.50. The molecular weight excluding hydrogens is 362 g/mol. The average Bonchev–Trinajstić information content (AvgIpc) is 2.61. The second-order valence-corrected chi connectivity index (χ2v) is 6.21. The van der Waals surface area contributed by atoms with Crippen molar-refractivity contribution in [2.45, 2.75) is 6.92 Å². The van der Waals surface area contributed by atoms with Crippen LogP contribution in [0.1, 0.15) is 18.1 Å². The molecule has 0 fully saturated rings. The summed E-state index contributed by atoms with van der Waals surface area (Å²) in [5.74, 6) is 0.805. The molecule has 0 heterocycles. The van der Waals surface area contributed by atoms with Gasteiger partial charge in [0.25, 0.3) is 0 Å². The lowest BCUT2D eigenvalue weighted by Gasteiger charge is -2.07.